The molecule has 2 amide bonds. The number of nitrogens with two attached hydrogens (primary N) is 2. The fraction of sp³-hybridized carbons (Fsp3) is 0.312. The van der Waals surface area contributed by atoms with E-state index in [4.69, 9.17) is 23.7 Å². The van der Waals surface area contributed by atoms with Crippen molar-refractivity contribution in [2.45, 2.75) is 12.8 Å². The number of rotatable bonds is 3. The molecule has 1 aliphatic rings. The lowest BCUT2D eigenvalue weighted by atomic mass is 9.96. The van der Waals surface area contributed by atoms with Crippen molar-refractivity contribution in [3.05, 3.63) is 39.2 Å². The fourth-order valence-electron chi connectivity index (χ4n) is 2.87. The lowest BCUT2D eigenvalue weighted by Crippen LogP contribution is -2.41. The molecule has 0 aliphatic carbocycles. The number of amides is 2. The van der Waals surface area contributed by atoms with Gasteiger partial charge in [0.15, 0.2) is 3.95 Å². The highest BCUT2D eigenvalue weighted by molar-refractivity contribution is 7.73. The summed E-state index contributed by atoms with van der Waals surface area (Å²) in [6, 6.07) is 9.48. The van der Waals surface area contributed by atoms with Gasteiger partial charge in [0.2, 0.25) is 5.91 Å². The molecule has 0 spiro atoms. The van der Waals surface area contributed by atoms with E-state index in [1.807, 2.05) is 30.3 Å². The van der Waals surface area contributed by atoms with Gasteiger partial charge in [0.1, 0.15) is 10.7 Å². The highest BCUT2D eigenvalue weighted by Crippen LogP contribution is 2.28. The first kappa shape index (κ1) is 16.7. The van der Waals surface area contributed by atoms with Gasteiger partial charge in [-0.2, -0.15) is 0 Å². The molecular formula is C16H18N4O2S2. The molecule has 0 bridgehead atoms. The quantitative estimate of drug-likeness (QED) is 0.818. The van der Waals surface area contributed by atoms with Crippen LogP contribution < -0.4 is 11.5 Å². The van der Waals surface area contributed by atoms with E-state index in [9.17, 15) is 9.59 Å². The molecule has 1 aromatic carbocycles. The summed E-state index contributed by atoms with van der Waals surface area (Å²) in [6.07, 6.45) is 1.18. The van der Waals surface area contributed by atoms with Gasteiger partial charge in [-0.15, -0.1) is 0 Å². The van der Waals surface area contributed by atoms with Crippen LogP contribution in [-0.2, 0) is 4.79 Å². The number of thiazole rings is 1. The van der Waals surface area contributed by atoms with Gasteiger partial charge < -0.3 is 16.4 Å². The third kappa shape index (κ3) is 3.07. The minimum atomic E-state index is -0.299. The van der Waals surface area contributed by atoms with Crippen LogP contribution in [0.1, 0.15) is 22.5 Å². The van der Waals surface area contributed by atoms with Crippen molar-refractivity contribution >= 4 is 41.2 Å². The average molecular weight is 362 g/mol. The summed E-state index contributed by atoms with van der Waals surface area (Å²) in [5, 5.41) is 0. The van der Waals surface area contributed by atoms with E-state index in [-0.39, 0.29) is 17.7 Å². The van der Waals surface area contributed by atoms with Crippen LogP contribution in [0.5, 0.6) is 0 Å². The van der Waals surface area contributed by atoms with Crippen molar-refractivity contribution in [2.24, 2.45) is 11.7 Å². The predicted molar refractivity (Wildman–Crippen MR) is 96.7 cm³/mol. The topological polar surface area (TPSA) is 94.4 Å². The molecule has 0 unspecified atom stereocenters. The normalized spacial score (nSPS) is 15.4. The number of nitrogen functional groups attached to an aromatic ring is 1. The van der Waals surface area contributed by atoms with Crippen LogP contribution >= 0.6 is 23.6 Å². The Labute approximate surface area is 148 Å². The molecule has 1 fully saturated rings. The maximum absolute atomic E-state index is 12.8. The van der Waals surface area contributed by atoms with Crippen molar-refractivity contribution in [3.63, 3.8) is 0 Å². The average Bonchev–Trinajstić information content (AvgIpc) is 2.89. The Bertz CT molecular complexity index is 820. The maximum atomic E-state index is 12.8. The smallest absolute Gasteiger partial charge is 0.267 e. The van der Waals surface area contributed by atoms with Gasteiger partial charge in [0.25, 0.3) is 5.91 Å². The summed E-state index contributed by atoms with van der Waals surface area (Å²) >= 11 is 6.60. The molecule has 0 saturated carbocycles. The van der Waals surface area contributed by atoms with E-state index >= 15 is 0 Å². The largest absolute Gasteiger partial charge is 0.383 e. The number of piperidine rings is 1. The van der Waals surface area contributed by atoms with Crippen LogP contribution in [0.3, 0.4) is 0 Å². The van der Waals surface area contributed by atoms with Crippen molar-refractivity contribution < 1.29 is 9.59 Å². The molecule has 0 radical (unpaired) electrons. The molecule has 3 rings (SSSR count). The fourth-order valence-corrected chi connectivity index (χ4v) is 4.21. The standard InChI is InChI=1S/C16H18N4O2S2/c17-13-12(15(22)19-8-6-10(7-9-19)14(18)21)24-16(23)20(13)11-4-2-1-3-5-11/h1-5,10H,6-9,17H2,(H2,18,21). The summed E-state index contributed by atoms with van der Waals surface area (Å²) in [5.41, 5.74) is 12.4. The number of carbonyl (C=O) groups excluding carboxylic acids is 2. The van der Waals surface area contributed by atoms with E-state index in [2.05, 4.69) is 0 Å². The summed E-state index contributed by atoms with van der Waals surface area (Å²) in [5.74, 6) is -0.231. The second-order valence-electron chi connectivity index (χ2n) is 5.72. The summed E-state index contributed by atoms with van der Waals surface area (Å²) < 4.78 is 2.25. The Morgan fingerprint density at radius 2 is 1.79 bits per heavy atom. The molecule has 4 N–H and O–H groups in total. The predicted octanol–water partition coefficient (Wildman–Crippen LogP) is 2.19. The molecule has 1 saturated heterocycles. The highest BCUT2D eigenvalue weighted by Gasteiger charge is 2.29. The zero-order chi connectivity index (χ0) is 17.3. The lowest BCUT2D eigenvalue weighted by Gasteiger charge is -2.30. The number of anilines is 1. The third-order valence-corrected chi connectivity index (χ3v) is 5.62. The van der Waals surface area contributed by atoms with Gasteiger partial charge in [0.05, 0.1) is 0 Å². The first-order chi connectivity index (χ1) is 11.5. The number of para-hydroxylation sites is 1. The highest BCUT2D eigenvalue weighted by atomic mass is 32.1. The van der Waals surface area contributed by atoms with Crippen LogP contribution in [0.4, 0.5) is 5.82 Å². The van der Waals surface area contributed by atoms with Crippen LogP contribution in [0.15, 0.2) is 30.3 Å². The summed E-state index contributed by atoms with van der Waals surface area (Å²) in [7, 11) is 0. The maximum Gasteiger partial charge on any atom is 0.267 e. The van der Waals surface area contributed by atoms with Crippen LogP contribution in [0.25, 0.3) is 5.69 Å². The second-order valence-corrected chi connectivity index (χ2v) is 7.37. The summed E-state index contributed by atoms with van der Waals surface area (Å²) in [4.78, 5) is 26.2. The van der Waals surface area contributed by atoms with E-state index in [1.54, 1.807) is 9.47 Å². The molecule has 6 nitrogen and oxygen atoms in total. The zero-order valence-electron chi connectivity index (χ0n) is 13.0. The zero-order valence-corrected chi connectivity index (χ0v) is 14.6. The molecule has 0 atom stereocenters. The van der Waals surface area contributed by atoms with Gasteiger partial charge in [-0.25, -0.2) is 0 Å². The van der Waals surface area contributed by atoms with Crippen molar-refractivity contribution in [1.82, 2.24) is 9.47 Å². The van der Waals surface area contributed by atoms with Gasteiger partial charge >= 0.3 is 0 Å². The molecule has 8 heteroatoms. The van der Waals surface area contributed by atoms with Gasteiger partial charge in [-0.05, 0) is 37.2 Å². The number of nitrogens with zero attached hydrogens (tertiary/aromatic N) is 2. The molecule has 1 aliphatic heterocycles. The number of likely N-dealkylation sites (tertiary alicyclic amines) is 1. The molecule has 2 heterocycles. The number of hydrogen-bond acceptors (Lipinski definition) is 5. The Morgan fingerprint density at radius 3 is 2.38 bits per heavy atom. The molecule has 126 valence electrons. The van der Waals surface area contributed by atoms with E-state index in [0.29, 0.717) is 40.6 Å². The van der Waals surface area contributed by atoms with Crippen LogP contribution in [-0.4, -0.2) is 34.4 Å². The number of hydrogen-bond donors (Lipinski definition) is 2. The Morgan fingerprint density at radius 1 is 1.17 bits per heavy atom. The van der Waals surface area contributed by atoms with Crippen LogP contribution in [0.2, 0.25) is 0 Å². The minimum Gasteiger partial charge on any atom is -0.383 e. The second kappa shape index (κ2) is 6.74. The first-order valence-electron chi connectivity index (χ1n) is 7.64. The SMILES string of the molecule is NC(=O)C1CCN(C(=O)c2sc(=S)n(-c3ccccc3)c2N)CC1. The van der Waals surface area contributed by atoms with Crippen molar-refractivity contribution in [3.8, 4) is 5.69 Å². The number of primary amides is 1. The Hall–Kier alpha value is -2.19. The minimum absolute atomic E-state index is 0.138. The molecular weight excluding hydrogens is 344 g/mol. The first-order valence-corrected chi connectivity index (χ1v) is 8.87. The summed E-state index contributed by atoms with van der Waals surface area (Å²) in [6.45, 7) is 1.00. The van der Waals surface area contributed by atoms with E-state index in [1.165, 1.54) is 11.3 Å². The van der Waals surface area contributed by atoms with E-state index in [0.717, 1.165) is 5.69 Å². The third-order valence-electron chi connectivity index (χ3n) is 4.24. The van der Waals surface area contributed by atoms with Gasteiger partial charge in [-0.3, -0.25) is 14.2 Å². The number of carbonyl (C=O) groups is 2. The molecule has 1 aromatic heterocycles. The molecule has 24 heavy (non-hydrogen) atoms. The van der Waals surface area contributed by atoms with Gasteiger partial charge in [0, 0.05) is 24.7 Å². The Kier molecular flexibility index (Phi) is 4.68. The van der Waals surface area contributed by atoms with Gasteiger partial charge in [-0.1, -0.05) is 29.5 Å². The number of benzene rings is 1. The van der Waals surface area contributed by atoms with Crippen molar-refractivity contribution in [1.29, 1.82) is 0 Å². The lowest BCUT2D eigenvalue weighted by molar-refractivity contribution is -0.123. The van der Waals surface area contributed by atoms with E-state index < -0.39 is 0 Å². The Balaban J connectivity index is 1.85. The van der Waals surface area contributed by atoms with Crippen molar-refractivity contribution in [2.75, 3.05) is 18.8 Å². The molecule has 2 aromatic rings. The van der Waals surface area contributed by atoms with Crippen LogP contribution in [0, 0.1) is 9.87 Å². The monoisotopic (exact) mass is 362 g/mol. The number of aromatic nitrogens is 1.